The number of hydrogen-bond acceptors (Lipinski definition) is 8. The van der Waals surface area contributed by atoms with Crippen molar-refractivity contribution in [2.45, 2.75) is 32.2 Å². The highest BCUT2D eigenvalue weighted by molar-refractivity contribution is 5.76. The summed E-state index contributed by atoms with van der Waals surface area (Å²) in [6.07, 6.45) is -3.00. The number of rotatable bonds is 9. The summed E-state index contributed by atoms with van der Waals surface area (Å²) >= 11 is 0. The number of pyridine rings is 1. The Balaban J connectivity index is 1.39. The van der Waals surface area contributed by atoms with Crippen LogP contribution in [0.2, 0.25) is 0 Å². The molecule has 1 aliphatic heterocycles. The monoisotopic (exact) mass is 484 g/mol. The van der Waals surface area contributed by atoms with Gasteiger partial charge in [-0.2, -0.15) is 18.3 Å². The molecule has 0 spiro atoms. The smallest absolute Gasteiger partial charge is 0.425 e. The third-order valence-electron chi connectivity index (χ3n) is 5.25. The first kappa shape index (κ1) is 25.4. The van der Waals surface area contributed by atoms with E-state index in [-0.39, 0.29) is 25.5 Å². The van der Waals surface area contributed by atoms with Gasteiger partial charge < -0.3 is 25.0 Å². The van der Waals surface area contributed by atoms with Crippen molar-refractivity contribution in [2.75, 3.05) is 44.3 Å². The zero-order valence-corrected chi connectivity index (χ0v) is 18.7. The Kier molecular flexibility index (Phi) is 8.45. The molecule has 3 heterocycles. The molecule has 1 aliphatic rings. The molecule has 3 N–H and O–H groups in total. The number of nitrogens with one attached hydrogen (secondary N) is 1. The number of aromatic nitrogens is 3. The first-order valence-corrected chi connectivity index (χ1v) is 10.8. The van der Waals surface area contributed by atoms with E-state index in [4.69, 9.17) is 15.2 Å². The zero-order chi connectivity index (χ0) is 24.7. The first-order valence-electron chi connectivity index (χ1n) is 10.8. The van der Waals surface area contributed by atoms with Crippen LogP contribution in [0.5, 0.6) is 5.75 Å². The van der Waals surface area contributed by atoms with Crippen LogP contribution >= 0.6 is 0 Å². The van der Waals surface area contributed by atoms with Gasteiger partial charge in [-0.25, -0.2) is 10.1 Å². The maximum atomic E-state index is 13.1. The van der Waals surface area contributed by atoms with Crippen molar-refractivity contribution in [2.24, 2.45) is 5.73 Å². The minimum atomic E-state index is -4.88. The highest BCUT2D eigenvalue weighted by atomic mass is 19.4. The fourth-order valence-corrected chi connectivity index (χ4v) is 3.47. The minimum Gasteiger partial charge on any atom is -0.486 e. The molecule has 34 heavy (non-hydrogen) atoms. The molecule has 1 fully saturated rings. The lowest BCUT2D eigenvalue weighted by molar-refractivity contribution is -0.141. The average Bonchev–Trinajstić information content (AvgIpc) is 2.81. The standard InChI is InChI=1S/C21H27F3N6O4/c1-14(34-16-12-27-28-20(32)19(16)21(22,23)24)13-33-9-4-18(31)30-7-5-29(6-8-30)17-3-2-15(10-25)11-26-17/h2-3,11-12,14H,4-10,13,25H2,1H3,(H,28,32). The van der Waals surface area contributed by atoms with Crippen LogP contribution < -0.4 is 20.9 Å². The lowest BCUT2D eigenvalue weighted by Crippen LogP contribution is -2.49. The molecule has 1 amide bonds. The molecule has 0 bridgehead atoms. The number of aromatic amines is 1. The van der Waals surface area contributed by atoms with Crippen LogP contribution in [-0.4, -0.2) is 71.5 Å². The summed E-state index contributed by atoms with van der Waals surface area (Å²) in [6.45, 7) is 4.36. The van der Waals surface area contributed by atoms with E-state index in [2.05, 4.69) is 15.0 Å². The molecule has 3 rings (SSSR count). The molecule has 2 aromatic heterocycles. The molecule has 0 radical (unpaired) electrons. The Morgan fingerprint density at radius 1 is 1.24 bits per heavy atom. The van der Waals surface area contributed by atoms with Gasteiger partial charge in [0.05, 0.1) is 25.8 Å². The summed E-state index contributed by atoms with van der Waals surface area (Å²) in [5, 5.41) is 5.09. The van der Waals surface area contributed by atoms with E-state index >= 15 is 0 Å². The van der Waals surface area contributed by atoms with E-state index in [1.54, 1.807) is 16.2 Å². The van der Waals surface area contributed by atoms with Crippen LogP contribution in [0.4, 0.5) is 19.0 Å². The van der Waals surface area contributed by atoms with Crippen molar-refractivity contribution < 1.29 is 27.4 Å². The van der Waals surface area contributed by atoms with Gasteiger partial charge >= 0.3 is 6.18 Å². The number of alkyl halides is 3. The average molecular weight is 484 g/mol. The number of hydrogen-bond donors (Lipinski definition) is 2. The molecule has 1 saturated heterocycles. The van der Waals surface area contributed by atoms with Crippen molar-refractivity contribution in [3.8, 4) is 5.75 Å². The second-order valence-corrected chi connectivity index (χ2v) is 7.79. The number of nitrogens with two attached hydrogens (primary N) is 1. The van der Waals surface area contributed by atoms with Gasteiger partial charge in [-0.05, 0) is 18.6 Å². The highest BCUT2D eigenvalue weighted by Gasteiger charge is 2.38. The van der Waals surface area contributed by atoms with E-state index in [0.29, 0.717) is 32.7 Å². The van der Waals surface area contributed by atoms with Crippen LogP contribution in [0.1, 0.15) is 24.5 Å². The van der Waals surface area contributed by atoms with Gasteiger partial charge in [-0.3, -0.25) is 9.59 Å². The van der Waals surface area contributed by atoms with Gasteiger partial charge in [0.2, 0.25) is 5.91 Å². The summed E-state index contributed by atoms with van der Waals surface area (Å²) in [5.74, 6) is 0.0946. The SMILES string of the molecule is CC(COCCC(=O)N1CCN(c2ccc(CN)cn2)CC1)Oc1cn[nH]c(=O)c1C(F)(F)F. The maximum absolute atomic E-state index is 13.1. The van der Waals surface area contributed by atoms with Gasteiger partial charge in [0.1, 0.15) is 11.9 Å². The lowest BCUT2D eigenvalue weighted by atomic mass is 10.2. The maximum Gasteiger partial charge on any atom is 0.425 e. The lowest BCUT2D eigenvalue weighted by Gasteiger charge is -2.35. The number of anilines is 1. The predicted octanol–water partition coefficient (Wildman–Crippen LogP) is 1.17. The number of carbonyl (C=O) groups is 1. The fourth-order valence-electron chi connectivity index (χ4n) is 3.47. The quantitative estimate of drug-likeness (QED) is 0.508. The topological polar surface area (TPSA) is 127 Å². The van der Waals surface area contributed by atoms with Crippen molar-refractivity contribution >= 4 is 11.7 Å². The Morgan fingerprint density at radius 2 is 1.97 bits per heavy atom. The van der Waals surface area contributed by atoms with Crippen molar-refractivity contribution in [3.63, 3.8) is 0 Å². The van der Waals surface area contributed by atoms with Crippen molar-refractivity contribution in [1.29, 1.82) is 0 Å². The summed E-state index contributed by atoms with van der Waals surface area (Å²) in [4.78, 5) is 32.2. The number of halogens is 3. The van der Waals surface area contributed by atoms with Gasteiger partial charge in [0.15, 0.2) is 11.3 Å². The molecule has 10 nitrogen and oxygen atoms in total. The molecule has 0 aromatic carbocycles. The Hall–Kier alpha value is -3.19. The van der Waals surface area contributed by atoms with Crippen molar-refractivity contribution in [3.05, 3.63) is 46.0 Å². The van der Waals surface area contributed by atoms with E-state index in [1.165, 1.54) is 6.92 Å². The number of nitrogens with zero attached hydrogens (tertiary/aromatic N) is 4. The van der Waals surface area contributed by atoms with Crippen LogP contribution in [0, 0.1) is 0 Å². The zero-order valence-electron chi connectivity index (χ0n) is 18.7. The second kappa shape index (κ2) is 11.3. The Morgan fingerprint density at radius 3 is 2.59 bits per heavy atom. The molecule has 1 atom stereocenters. The molecular weight excluding hydrogens is 457 g/mol. The summed E-state index contributed by atoms with van der Waals surface area (Å²) in [6, 6.07) is 3.84. The first-order chi connectivity index (χ1) is 16.2. The number of ether oxygens (including phenoxy) is 2. The predicted molar refractivity (Wildman–Crippen MR) is 116 cm³/mol. The molecule has 0 aliphatic carbocycles. The number of amides is 1. The molecule has 1 unspecified atom stereocenters. The van der Waals surface area contributed by atoms with Crippen LogP contribution in [-0.2, 0) is 22.3 Å². The van der Waals surface area contributed by atoms with Gasteiger partial charge in [0.25, 0.3) is 5.56 Å². The van der Waals surface area contributed by atoms with Crippen LogP contribution in [0.3, 0.4) is 0 Å². The summed E-state index contributed by atoms with van der Waals surface area (Å²) < 4.78 is 49.8. The molecule has 13 heteroatoms. The normalized spacial score (nSPS) is 15.3. The molecule has 2 aromatic rings. The third-order valence-corrected chi connectivity index (χ3v) is 5.25. The van der Waals surface area contributed by atoms with Crippen LogP contribution in [0.25, 0.3) is 0 Å². The summed E-state index contributed by atoms with van der Waals surface area (Å²) in [5.41, 5.74) is 3.71. The highest BCUT2D eigenvalue weighted by Crippen LogP contribution is 2.33. The van der Waals surface area contributed by atoms with Gasteiger partial charge in [-0.15, -0.1) is 0 Å². The third kappa shape index (κ3) is 6.67. The largest absolute Gasteiger partial charge is 0.486 e. The number of piperazine rings is 1. The van der Waals surface area contributed by atoms with Crippen LogP contribution in [0.15, 0.2) is 29.3 Å². The van der Waals surface area contributed by atoms with E-state index < -0.39 is 29.2 Å². The molecule has 186 valence electrons. The van der Waals surface area contributed by atoms with Crippen molar-refractivity contribution in [1.82, 2.24) is 20.1 Å². The van der Waals surface area contributed by atoms with Gasteiger partial charge in [0, 0.05) is 38.9 Å². The summed E-state index contributed by atoms with van der Waals surface area (Å²) in [7, 11) is 0. The van der Waals surface area contributed by atoms with E-state index in [0.717, 1.165) is 17.6 Å². The van der Waals surface area contributed by atoms with Gasteiger partial charge in [-0.1, -0.05) is 6.07 Å². The van der Waals surface area contributed by atoms with E-state index in [1.807, 2.05) is 12.1 Å². The Labute approximate surface area is 193 Å². The molecule has 0 saturated carbocycles. The minimum absolute atomic E-state index is 0.0599. The van der Waals surface area contributed by atoms with E-state index in [9.17, 15) is 22.8 Å². The Bertz CT molecular complexity index is 1010. The second-order valence-electron chi connectivity index (χ2n) is 7.79. The number of carbonyl (C=O) groups excluding carboxylic acids is 1. The molecular formula is C21H27F3N6O4. The number of H-pyrrole nitrogens is 1. The fraction of sp³-hybridized carbons (Fsp3) is 0.524.